The minimum Gasteiger partial charge on any atom is -0.355 e. The van der Waals surface area contributed by atoms with Crippen LogP contribution in [0, 0.1) is 0 Å². The Hall–Kier alpha value is -0.820. The molecule has 1 atom stereocenters. The molecule has 5 heteroatoms. The summed E-state index contributed by atoms with van der Waals surface area (Å²) in [4.78, 5) is 6.73. The van der Waals surface area contributed by atoms with Crippen LogP contribution in [0.15, 0.2) is 35.3 Å². The Bertz CT molecular complexity index is 431. The van der Waals surface area contributed by atoms with Crippen LogP contribution in [0.25, 0.3) is 0 Å². The molecule has 0 heterocycles. The van der Waals surface area contributed by atoms with E-state index < -0.39 is 0 Å². The van der Waals surface area contributed by atoms with Gasteiger partial charge >= 0.3 is 0 Å². The van der Waals surface area contributed by atoms with Gasteiger partial charge in [-0.1, -0.05) is 30.3 Å². The summed E-state index contributed by atoms with van der Waals surface area (Å²) in [5, 5.41) is 6.75. The molecule has 1 aromatic rings. The number of guanidine groups is 1. The minimum atomic E-state index is 0. The third kappa shape index (κ3) is 6.22. The van der Waals surface area contributed by atoms with Gasteiger partial charge < -0.3 is 10.6 Å². The molecule has 2 N–H and O–H groups in total. The fraction of sp³-hybridized carbons (Fsp3) is 0.562. The molecule has 1 aromatic carbocycles. The lowest BCUT2D eigenvalue weighted by atomic mass is 10.2. The van der Waals surface area contributed by atoms with Gasteiger partial charge in [0.25, 0.3) is 0 Å². The largest absolute Gasteiger partial charge is 0.355 e. The van der Waals surface area contributed by atoms with Gasteiger partial charge in [0.05, 0.1) is 0 Å². The van der Waals surface area contributed by atoms with Crippen LogP contribution < -0.4 is 10.6 Å². The zero-order valence-corrected chi connectivity index (χ0v) is 15.5. The van der Waals surface area contributed by atoms with Crippen LogP contribution in [-0.2, 0) is 6.54 Å². The summed E-state index contributed by atoms with van der Waals surface area (Å²) in [6, 6.07) is 11.7. The first kappa shape index (κ1) is 18.2. The highest BCUT2D eigenvalue weighted by Crippen LogP contribution is 2.26. The molecule has 0 bridgehead atoms. The maximum absolute atomic E-state index is 4.27. The first-order chi connectivity index (χ1) is 9.70. The lowest BCUT2D eigenvalue weighted by molar-refractivity contribution is 0.247. The normalized spacial score (nSPS) is 16.3. The Morgan fingerprint density at radius 1 is 1.29 bits per heavy atom. The number of aliphatic imine (C=N–C) groups is 1. The van der Waals surface area contributed by atoms with Crippen molar-refractivity contribution >= 4 is 29.9 Å². The Balaban J connectivity index is 0.00000220. The topological polar surface area (TPSA) is 39.7 Å². The summed E-state index contributed by atoms with van der Waals surface area (Å²) >= 11 is 0. The smallest absolute Gasteiger partial charge is 0.191 e. The highest BCUT2D eigenvalue weighted by molar-refractivity contribution is 14.0. The highest BCUT2D eigenvalue weighted by atomic mass is 127. The van der Waals surface area contributed by atoms with Crippen LogP contribution >= 0.6 is 24.0 Å². The van der Waals surface area contributed by atoms with Crippen molar-refractivity contribution in [1.29, 1.82) is 0 Å². The highest BCUT2D eigenvalue weighted by Gasteiger charge is 2.28. The van der Waals surface area contributed by atoms with Gasteiger partial charge in [-0.05, 0) is 32.4 Å². The molecule has 21 heavy (non-hydrogen) atoms. The molecular formula is C16H27IN4. The van der Waals surface area contributed by atoms with E-state index in [9.17, 15) is 0 Å². The average Bonchev–Trinajstić information content (AvgIpc) is 3.32. The van der Waals surface area contributed by atoms with Crippen molar-refractivity contribution in [3.8, 4) is 0 Å². The Morgan fingerprint density at radius 2 is 1.95 bits per heavy atom. The van der Waals surface area contributed by atoms with Crippen molar-refractivity contribution in [3.05, 3.63) is 35.9 Å². The Labute approximate surface area is 145 Å². The first-order valence-corrected chi connectivity index (χ1v) is 7.41. The van der Waals surface area contributed by atoms with Gasteiger partial charge in [0.2, 0.25) is 0 Å². The molecule has 1 aliphatic rings. The monoisotopic (exact) mass is 402 g/mol. The van der Waals surface area contributed by atoms with Crippen LogP contribution in [0.5, 0.6) is 0 Å². The fourth-order valence-corrected chi connectivity index (χ4v) is 2.23. The number of halogens is 1. The van der Waals surface area contributed by atoms with E-state index in [0.29, 0.717) is 6.04 Å². The van der Waals surface area contributed by atoms with E-state index in [1.165, 1.54) is 18.4 Å². The van der Waals surface area contributed by atoms with Crippen molar-refractivity contribution in [2.24, 2.45) is 4.99 Å². The van der Waals surface area contributed by atoms with Crippen molar-refractivity contribution in [2.75, 3.05) is 20.6 Å². The molecule has 0 aromatic heterocycles. The predicted octanol–water partition coefficient (Wildman–Crippen LogP) is 2.45. The second-order valence-corrected chi connectivity index (χ2v) is 5.54. The van der Waals surface area contributed by atoms with Crippen LogP contribution in [0.1, 0.15) is 25.3 Å². The third-order valence-corrected chi connectivity index (χ3v) is 3.91. The SMILES string of the molecule is CN=C(NCc1ccccc1)NCC(C)N(C)C1CC1.I. The quantitative estimate of drug-likeness (QED) is 0.436. The number of rotatable bonds is 6. The van der Waals surface area contributed by atoms with Gasteiger partial charge in [0, 0.05) is 32.2 Å². The van der Waals surface area contributed by atoms with Crippen molar-refractivity contribution in [1.82, 2.24) is 15.5 Å². The van der Waals surface area contributed by atoms with Crippen LogP contribution in [0.4, 0.5) is 0 Å². The third-order valence-electron chi connectivity index (χ3n) is 3.91. The molecule has 118 valence electrons. The van der Waals surface area contributed by atoms with E-state index >= 15 is 0 Å². The summed E-state index contributed by atoms with van der Waals surface area (Å²) < 4.78 is 0. The second-order valence-electron chi connectivity index (χ2n) is 5.54. The van der Waals surface area contributed by atoms with E-state index in [1.807, 2.05) is 13.1 Å². The second kappa shape index (κ2) is 9.25. The Morgan fingerprint density at radius 3 is 2.52 bits per heavy atom. The molecule has 2 rings (SSSR count). The molecule has 0 aliphatic heterocycles. The van der Waals surface area contributed by atoms with Gasteiger partial charge in [0.15, 0.2) is 5.96 Å². The summed E-state index contributed by atoms with van der Waals surface area (Å²) in [6.45, 7) is 3.98. The number of hydrogen-bond donors (Lipinski definition) is 2. The molecule has 0 amide bonds. The maximum Gasteiger partial charge on any atom is 0.191 e. The van der Waals surface area contributed by atoms with Gasteiger partial charge in [0.1, 0.15) is 0 Å². The fourth-order valence-electron chi connectivity index (χ4n) is 2.23. The molecular weight excluding hydrogens is 375 g/mol. The van der Waals surface area contributed by atoms with E-state index in [0.717, 1.165) is 25.1 Å². The molecule has 0 saturated heterocycles. The maximum atomic E-state index is 4.27. The molecule has 4 nitrogen and oxygen atoms in total. The number of nitrogens with one attached hydrogen (secondary N) is 2. The zero-order chi connectivity index (χ0) is 14.4. The van der Waals surface area contributed by atoms with E-state index in [2.05, 4.69) is 58.8 Å². The lowest BCUT2D eigenvalue weighted by Gasteiger charge is -2.25. The van der Waals surface area contributed by atoms with Gasteiger partial charge in [-0.25, -0.2) is 0 Å². The summed E-state index contributed by atoms with van der Waals surface area (Å²) in [5.41, 5.74) is 1.26. The minimum absolute atomic E-state index is 0. The van der Waals surface area contributed by atoms with Crippen molar-refractivity contribution < 1.29 is 0 Å². The van der Waals surface area contributed by atoms with Crippen LogP contribution in [-0.4, -0.2) is 43.6 Å². The van der Waals surface area contributed by atoms with E-state index in [-0.39, 0.29) is 24.0 Å². The summed E-state index contributed by atoms with van der Waals surface area (Å²) in [7, 11) is 4.03. The van der Waals surface area contributed by atoms with Gasteiger partial charge in [-0.2, -0.15) is 0 Å². The molecule has 1 unspecified atom stereocenters. The predicted molar refractivity (Wildman–Crippen MR) is 100 cm³/mol. The van der Waals surface area contributed by atoms with E-state index in [4.69, 9.17) is 0 Å². The molecule has 1 fully saturated rings. The molecule has 1 aliphatic carbocycles. The number of likely N-dealkylation sites (N-methyl/N-ethyl adjacent to an activating group) is 1. The van der Waals surface area contributed by atoms with Crippen LogP contribution in [0.2, 0.25) is 0 Å². The van der Waals surface area contributed by atoms with Crippen molar-refractivity contribution in [2.45, 2.75) is 38.4 Å². The summed E-state index contributed by atoms with van der Waals surface area (Å²) in [6.07, 6.45) is 2.70. The Kier molecular flexibility index (Phi) is 8.03. The number of hydrogen-bond acceptors (Lipinski definition) is 2. The molecule has 1 saturated carbocycles. The first-order valence-electron chi connectivity index (χ1n) is 7.41. The van der Waals surface area contributed by atoms with Gasteiger partial charge in [-0.15, -0.1) is 24.0 Å². The van der Waals surface area contributed by atoms with Gasteiger partial charge in [-0.3, -0.25) is 9.89 Å². The average molecular weight is 402 g/mol. The summed E-state index contributed by atoms with van der Waals surface area (Å²) in [5.74, 6) is 0.866. The number of nitrogens with zero attached hydrogens (tertiary/aromatic N) is 2. The zero-order valence-electron chi connectivity index (χ0n) is 13.2. The van der Waals surface area contributed by atoms with Crippen LogP contribution in [0.3, 0.4) is 0 Å². The van der Waals surface area contributed by atoms with Crippen molar-refractivity contribution in [3.63, 3.8) is 0 Å². The lowest BCUT2D eigenvalue weighted by Crippen LogP contribution is -2.45. The standard InChI is InChI=1S/C16H26N4.HI/c1-13(20(3)15-9-10-15)11-18-16(17-2)19-12-14-7-5-4-6-8-14;/h4-8,13,15H,9-12H2,1-3H3,(H2,17,18,19);1H. The molecule has 0 radical (unpaired) electrons. The number of benzene rings is 1. The molecule has 0 spiro atoms. The van der Waals surface area contributed by atoms with E-state index in [1.54, 1.807) is 0 Å².